The van der Waals surface area contributed by atoms with Crippen molar-refractivity contribution in [2.75, 3.05) is 0 Å². The summed E-state index contributed by atoms with van der Waals surface area (Å²) in [6, 6.07) is 0. The van der Waals surface area contributed by atoms with Gasteiger partial charge in [0.25, 0.3) is 0 Å². The SMILES string of the molecule is O.O.O.[NaH].[W]. The van der Waals surface area contributed by atoms with Gasteiger partial charge in [-0.3, -0.25) is 0 Å². The summed E-state index contributed by atoms with van der Waals surface area (Å²) in [5.41, 5.74) is 0. The first-order valence-corrected chi connectivity index (χ1v) is 0. The fraction of sp³-hybridized carbons (Fsp3) is 0. The normalized spacial score (nSPS) is 0. The minimum Gasteiger partial charge on any atom is 0 e. The second-order valence-electron chi connectivity index (χ2n) is 0. The standard InChI is InChI=1S/Na.3H2O.W.H/h;3*1H2;;. The van der Waals surface area contributed by atoms with Crippen molar-refractivity contribution >= 4 is 29.6 Å². The van der Waals surface area contributed by atoms with Gasteiger partial charge in [-0.1, -0.05) is 0 Å². The summed E-state index contributed by atoms with van der Waals surface area (Å²) in [4.78, 5) is 0. The van der Waals surface area contributed by atoms with Crippen LogP contribution in [0.15, 0.2) is 0 Å². The van der Waals surface area contributed by atoms with Gasteiger partial charge in [-0.25, -0.2) is 0 Å². The van der Waals surface area contributed by atoms with E-state index in [2.05, 4.69) is 0 Å². The Morgan fingerprint density at radius 2 is 0.600 bits per heavy atom. The smallest absolute Gasteiger partial charge is 0 e. The van der Waals surface area contributed by atoms with Crippen molar-refractivity contribution in [1.82, 2.24) is 0 Å². The third kappa shape index (κ3) is 28.8. The quantitative estimate of drug-likeness (QED) is 0.413. The van der Waals surface area contributed by atoms with Gasteiger partial charge in [-0.2, -0.15) is 0 Å². The minimum atomic E-state index is 0. The first kappa shape index (κ1) is 82.8. The molecular formula is H7NaO3W. The summed E-state index contributed by atoms with van der Waals surface area (Å²) in [5, 5.41) is 0. The molecule has 5 heteroatoms. The largest absolute Gasteiger partial charge is 0 e. The van der Waals surface area contributed by atoms with E-state index in [0.717, 1.165) is 0 Å². The van der Waals surface area contributed by atoms with Crippen molar-refractivity contribution in [2.24, 2.45) is 0 Å². The predicted molar refractivity (Wildman–Crippen MR) is 18.0 cm³/mol. The van der Waals surface area contributed by atoms with Crippen molar-refractivity contribution < 1.29 is 37.5 Å². The Morgan fingerprint density at radius 3 is 0.600 bits per heavy atom. The molecule has 0 aliphatic carbocycles. The fourth-order valence-corrected chi connectivity index (χ4v) is 0. The molecule has 0 aliphatic rings. The van der Waals surface area contributed by atoms with E-state index in [-0.39, 0.29) is 67.1 Å². The average molecular weight is 262 g/mol. The van der Waals surface area contributed by atoms with Crippen molar-refractivity contribution in [1.29, 1.82) is 0 Å². The summed E-state index contributed by atoms with van der Waals surface area (Å²) in [5.74, 6) is 0. The molecule has 0 radical (unpaired) electrons. The van der Waals surface area contributed by atoms with Crippen LogP contribution < -0.4 is 0 Å². The zero-order valence-corrected chi connectivity index (χ0v) is 4.84. The summed E-state index contributed by atoms with van der Waals surface area (Å²) < 4.78 is 0. The van der Waals surface area contributed by atoms with Gasteiger partial charge in [0.1, 0.15) is 0 Å². The molecule has 6 N–H and O–H groups in total. The molecule has 0 heterocycles. The van der Waals surface area contributed by atoms with Gasteiger partial charge >= 0.3 is 29.6 Å². The van der Waals surface area contributed by atoms with E-state index in [1.807, 2.05) is 0 Å². The van der Waals surface area contributed by atoms with Gasteiger partial charge < -0.3 is 16.4 Å². The summed E-state index contributed by atoms with van der Waals surface area (Å²) in [7, 11) is 0. The molecule has 0 amide bonds. The third-order valence-corrected chi connectivity index (χ3v) is 0. The van der Waals surface area contributed by atoms with Gasteiger partial charge in [-0.05, 0) is 0 Å². The molecule has 32 valence electrons. The second kappa shape index (κ2) is 47.2. The maximum atomic E-state index is 0. The van der Waals surface area contributed by atoms with E-state index >= 15 is 0 Å². The molecule has 0 fully saturated rings. The third-order valence-electron chi connectivity index (χ3n) is 0. The van der Waals surface area contributed by atoms with Crippen LogP contribution in [0.1, 0.15) is 0 Å². The Morgan fingerprint density at radius 1 is 0.600 bits per heavy atom. The van der Waals surface area contributed by atoms with Crippen molar-refractivity contribution in [3.05, 3.63) is 0 Å². The Hall–Kier alpha value is 1.57. The van der Waals surface area contributed by atoms with Crippen LogP contribution in [0.3, 0.4) is 0 Å². The maximum Gasteiger partial charge on any atom is 0 e. The van der Waals surface area contributed by atoms with Crippen LogP contribution in [0, 0.1) is 0 Å². The molecule has 0 saturated heterocycles. The van der Waals surface area contributed by atoms with Crippen molar-refractivity contribution in [2.45, 2.75) is 0 Å². The average Bonchev–Trinajstić information content (AvgIpc) is 0. The zero-order chi connectivity index (χ0) is 0. The van der Waals surface area contributed by atoms with E-state index < -0.39 is 0 Å². The first-order chi connectivity index (χ1) is 0. The van der Waals surface area contributed by atoms with Gasteiger partial charge in [0, 0.05) is 21.1 Å². The molecule has 5 heavy (non-hydrogen) atoms. The van der Waals surface area contributed by atoms with Crippen molar-refractivity contribution in [3.63, 3.8) is 0 Å². The summed E-state index contributed by atoms with van der Waals surface area (Å²) >= 11 is 0. The molecule has 0 aliphatic heterocycles. The van der Waals surface area contributed by atoms with Crippen LogP contribution in [0.2, 0.25) is 0 Å². The molecule has 0 bridgehead atoms. The first-order valence-electron chi connectivity index (χ1n) is 0. The molecule has 0 aromatic carbocycles. The van der Waals surface area contributed by atoms with Crippen LogP contribution in [-0.4, -0.2) is 46.0 Å². The van der Waals surface area contributed by atoms with E-state index in [9.17, 15) is 0 Å². The molecule has 0 aromatic heterocycles. The van der Waals surface area contributed by atoms with E-state index in [0.29, 0.717) is 0 Å². The monoisotopic (exact) mass is 262 g/mol. The van der Waals surface area contributed by atoms with Crippen molar-refractivity contribution in [3.8, 4) is 0 Å². The summed E-state index contributed by atoms with van der Waals surface area (Å²) in [6.45, 7) is 0. The second-order valence-corrected chi connectivity index (χ2v) is 0. The molecule has 0 atom stereocenters. The van der Waals surface area contributed by atoms with E-state index in [4.69, 9.17) is 0 Å². The number of hydrogen-bond donors (Lipinski definition) is 0. The van der Waals surface area contributed by atoms with Gasteiger partial charge in [0.2, 0.25) is 0 Å². The van der Waals surface area contributed by atoms with Crippen LogP contribution in [0.5, 0.6) is 0 Å². The van der Waals surface area contributed by atoms with Gasteiger partial charge in [0.15, 0.2) is 0 Å². The zero-order valence-electron chi connectivity index (χ0n) is 1.91. The molecular weight excluding hydrogens is 255 g/mol. The Balaban J connectivity index is 0. The Bertz CT molecular complexity index is 6.85. The van der Waals surface area contributed by atoms with Crippen LogP contribution in [0.25, 0.3) is 0 Å². The Kier molecular flexibility index (Phi) is 782. The minimum absolute atomic E-state index is 0. The van der Waals surface area contributed by atoms with Gasteiger partial charge in [0.05, 0.1) is 0 Å². The molecule has 0 saturated carbocycles. The van der Waals surface area contributed by atoms with Crippen LogP contribution >= 0.6 is 0 Å². The van der Waals surface area contributed by atoms with E-state index in [1.165, 1.54) is 0 Å². The predicted octanol–water partition coefficient (Wildman–Crippen LogP) is -3.13. The topological polar surface area (TPSA) is 94.5 Å². The van der Waals surface area contributed by atoms with Crippen LogP contribution in [-0.2, 0) is 21.1 Å². The number of hydrogen-bond acceptors (Lipinski definition) is 0. The molecule has 3 nitrogen and oxygen atoms in total. The summed E-state index contributed by atoms with van der Waals surface area (Å²) in [6.07, 6.45) is 0. The Labute approximate surface area is 66.6 Å². The number of rotatable bonds is 0. The van der Waals surface area contributed by atoms with Gasteiger partial charge in [-0.15, -0.1) is 0 Å². The van der Waals surface area contributed by atoms with E-state index in [1.54, 1.807) is 0 Å². The fourth-order valence-electron chi connectivity index (χ4n) is 0. The molecule has 0 aromatic rings. The van der Waals surface area contributed by atoms with Crippen LogP contribution in [0.4, 0.5) is 0 Å². The molecule has 0 spiro atoms. The molecule has 0 unspecified atom stereocenters. The maximum absolute atomic E-state index is 0. The molecule has 0 rings (SSSR count).